The lowest BCUT2D eigenvalue weighted by atomic mass is 10.1. The van der Waals surface area contributed by atoms with Crippen molar-refractivity contribution in [1.82, 2.24) is 9.55 Å². The van der Waals surface area contributed by atoms with Gasteiger partial charge in [-0.3, -0.25) is 9.59 Å². The summed E-state index contributed by atoms with van der Waals surface area (Å²) in [6.07, 6.45) is 7.68. The molecule has 1 aromatic heterocycles. The van der Waals surface area contributed by atoms with E-state index in [0.717, 1.165) is 31.9 Å². The van der Waals surface area contributed by atoms with E-state index in [1.165, 1.54) is 22.9 Å². The van der Waals surface area contributed by atoms with Crippen molar-refractivity contribution in [1.29, 1.82) is 0 Å². The zero-order valence-electron chi connectivity index (χ0n) is 17.2. The van der Waals surface area contributed by atoms with E-state index in [2.05, 4.69) is 15.5 Å². The molecule has 9 nitrogen and oxygen atoms in total. The number of nitrogens with one attached hydrogen (secondary N) is 1. The highest BCUT2D eigenvalue weighted by Gasteiger charge is 2.36. The number of sulfone groups is 1. The Morgan fingerprint density at radius 2 is 1.84 bits per heavy atom. The fraction of sp³-hybridized carbons (Fsp3) is 0.429. The van der Waals surface area contributed by atoms with Crippen molar-refractivity contribution in [2.75, 3.05) is 5.32 Å². The summed E-state index contributed by atoms with van der Waals surface area (Å²) in [7, 11) is -1.77. The number of anilines is 1. The first-order valence-electron chi connectivity index (χ1n) is 10.3. The maximum absolute atomic E-state index is 12.9. The van der Waals surface area contributed by atoms with Gasteiger partial charge in [0.2, 0.25) is 0 Å². The molecule has 1 aromatic carbocycles. The van der Waals surface area contributed by atoms with E-state index in [-0.39, 0.29) is 33.3 Å². The summed E-state index contributed by atoms with van der Waals surface area (Å²) in [5.74, 6) is -0.379. The van der Waals surface area contributed by atoms with Crippen LogP contribution in [0.15, 0.2) is 51.5 Å². The first-order valence-corrected chi connectivity index (χ1v) is 11.8. The molecule has 0 saturated heterocycles. The largest absolute Gasteiger partial charge is 0.392 e. The summed E-state index contributed by atoms with van der Waals surface area (Å²) in [6, 6.07) is 6.09. The van der Waals surface area contributed by atoms with Gasteiger partial charge in [-0.25, -0.2) is 13.4 Å². The lowest BCUT2D eigenvalue weighted by Crippen LogP contribution is -2.27. The second-order valence-corrected chi connectivity index (χ2v) is 10.1. The molecule has 0 aliphatic heterocycles. The van der Waals surface area contributed by atoms with E-state index in [1.54, 1.807) is 19.2 Å². The highest BCUT2D eigenvalue weighted by atomic mass is 32.2. The van der Waals surface area contributed by atoms with Crippen LogP contribution < -0.4 is 10.9 Å². The van der Waals surface area contributed by atoms with Crippen LogP contribution in [0, 0.1) is 0 Å². The molecule has 1 amide bonds. The van der Waals surface area contributed by atoms with Crippen LogP contribution in [-0.4, -0.2) is 40.9 Å². The molecule has 31 heavy (non-hydrogen) atoms. The van der Waals surface area contributed by atoms with Gasteiger partial charge in [0.05, 0.1) is 16.3 Å². The zero-order valence-corrected chi connectivity index (χ0v) is 18.0. The molecule has 164 valence electrons. The quantitative estimate of drug-likeness (QED) is 0.515. The molecule has 2 saturated carbocycles. The van der Waals surface area contributed by atoms with E-state index in [0.29, 0.717) is 18.4 Å². The second-order valence-electron chi connectivity index (χ2n) is 7.90. The molecule has 0 bridgehead atoms. The lowest BCUT2D eigenvalue weighted by Gasteiger charge is -2.12. The first kappa shape index (κ1) is 21.2. The third-order valence-corrected chi connectivity index (χ3v) is 7.73. The van der Waals surface area contributed by atoms with Gasteiger partial charge in [-0.1, -0.05) is 17.3 Å². The van der Waals surface area contributed by atoms with Crippen molar-refractivity contribution in [3.63, 3.8) is 0 Å². The van der Waals surface area contributed by atoms with E-state index in [4.69, 9.17) is 4.84 Å². The summed E-state index contributed by atoms with van der Waals surface area (Å²) < 4.78 is 26.2. The molecule has 2 fully saturated rings. The molecule has 1 heterocycles. The van der Waals surface area contributed by atoms with Crippen LogP contribution in [0.2, 0.25) is 0 Å². The number of aryl methyl sites for hydroxylation is 1. The van der Waals surface area contributed by atoms with E-state index < -0.39 is 15.7 Å². The SMILES string of the molecule is Cn1cc(NC(=O)/C(=N/OC2CCCC2)c2ccc(S(=O)(=O)C3CC3)cc2)ncc1=O. The normalized spacial score (nSPS) is 17.5. The number of amides is 1. The molecule has 0 atom stereocenters. The molecule has 10 heteroatoms. The number of rotatable bonds is 7. The van der Waals surface area contributed by atoms with Crippen LogP contribution >= 0.6 is 0 Å². The lowest BCUT2D eigenvalue weighted by molar-refractivity contribution is -0.110. The van der Waals surface area contributed by atoms with Crippen molar-refractivity contribution in [2.45, 2.75) is 54.8 Å². The Bertz CT molecular complexity index is 1160. The fourth-order valence-corrected chi connectivity index (χ4v) is 5.11. The number of oxime groups is 1. The number of carbonyl (C=O) groups is 1. The average Bonchev–Trinajstić information content (AvgIpc) is 3.49. The van der Waals surface area contributed by atoms with Gasteiger partial charge in [0.25, 0.3) is 11.5 Å². The Hall–Kier alpha value is -3.01. The zero-order chi connectivity index (χ0) is 22.0. The van der Waals surface area contributed by atoms with Gasteiger partial charge in [-0.15, -0.1) is 0 Å². The predicted octanol–water partition coefficient (Wildman–Crippen LogP) is 2.02. The molecule has 0 unspecified atom stereocenters. The monoisotopic (exact) mass is 444 g/mol. The summed E-state index contributed by atoms with van der Waals surface area (Å²) in [5.41, 5.74) is 0.136. The molecule has 0 spiro atoms. The summed E-state index contributed by atoms with van der Waals surface area (Å²) >= 11 is 0. The number of benzene rings is 1. The van der Waals surface area contributed by atoms with Gasteiger partial charge in [-0.05, 0) is 50.7 Å². The van der Waals surface area contributed by atoms with Gasteiger partial charge in [0.15, 0.2) is 15.5 Å². The van der Waals surface area contributed by atoms with E-state index in [9.17, 15) is 18.0 Å². The van der Waals surface area contributed by atoms with Crippen LogP contribution in [-0.2, 0) is 26.5 Å². The van der Waals surface area contributed by atoms with Crippen molar-refractivity contribution < 1.29 is 18.0 Å². The van der Waals surface area contributed by atoms with Crippen LogP contribution in [0.4, 0.5) is 5.82 Å². The fourth-order valence-electron chi connectivity index (χ4n) is 3.46. The predicted molar refractivity (Wildman–Crippen MR) is 115 cm³/mol. The molecule has 2 aromatic rings. The minimum Gasteiger partial charge on any atom is -0.392 e. The van der Waals surface area contributed by atoms with Gasteiger partial charge in [0.1, 0.15) is 11.9 Å². The highest BCUT2D eigenvalue weighted by Crippen LogP contribution is 2.33. The Kier molecular flexibility index (Phi) is 5.90. The smallest absolute Gasteiger partial charge is 0.279 e. The van der Waals surface area contributed by atoms with Gasteiger partial charge < -0.3 is 14.7 Å². The van der Waals surface area contributed by atoms with Gasteiger partial charge in [0, 0.05) is 18.8 Å². The Labute approximate surface area is 180 Å². The highest BCUT2D eigenvalue weighted by molar-refractivity contribution is 7.92. The first-order chi connectivity index (χ1) is 14.8. The Balaban J connectivity index is 1.60. The number of hydrogen-bond acceptors (Lipinski definition) is 7. The standard InChI is InChI=1S/C21H24N4O5S/c1-25-13-18(22-12-19(25)26)23-21(27)20(24-30-15-4-2-3-5-15)14-6-8-16(9-7-14)31(28,29)17-10-11-17/h6-9,12-13,15,17H,2-5,10-11H2,1H3,(H,23,27)/b24-20+. The molecule has 4 rings (SSSR count). The molecule has 2 aliphatic rings. The summed E-state index contributed by atoms with van der Waals surface area (Å²) in [4.78, 5) is 34.2. The molecule has 1 N–H and O–H groups in total. The minimum atomic E-state index is -3.33. The number of aromatic nitrogens is 2. The minimum absolute atomic E-state index is 0.0120. The number of nitrogens with zero attached hydrogens (tertiary/aromatic N) is 3. The van der Waals surface area contributed by atoms with Crippen LogP contribution in [0.1, 0.15) is 44.1 Å². The maximum Gasteiger partial charge on any atom is 0.279 e. The number of hydrogen-bond donors (Lipinski definition) is 1. The topological polar surface area (TPSA) is 120 Å². The third-order valence-electron chi connectivity index (χ3n) is 5.45. The maximum atomic E-state index is 12.9. The molecule has 0 radical (unpaired) electrons. The van der Waals surface area contributed by atoms with Crippen molar-refractivity contribution in [3.05, 3.63) is 52.6 Å². The Morgan fingerprint density at radius 1 is 1.16 bits per heavy atom. The van der Waals surface area contributed by atoms with Crippen LogP contribution in [0.25, 0.3) is 0 Å². The van der Waals surface area contributed by atoms with Crippen LogP contribution in [0.5, 0.6) is 0 Å². The van der Waals surface area contributed by atoms with Gasteiger partial charge >= 0.3 is 0 Å². The molecular weight excluding hydrogens is 420 g/mol. The molecular formula is C21H24N4O5S. The van der Waals surface area contributed by atoms with E-state index in [1.807, 2.05) is 0 Å². The summed E-state index contributed by atoms with van der Waals surface area (Å²) in [5, 5.41) is 6.42. The summed E-state index contributed by atoms with van der Waals surface area (Å²) in [6.45, 7) is 0. The second kappa shape index (κ2) is 8.62. The number of carbonyl (C=O) groups excluding carboxylic acids is 1. The van der Waals surface area contributed by atoms with E-state index >= 15 is 0 Å². The van der Waals surface area contributed by atoms with Crippen molar-refractivity contribution in [3.8, 4) is 0 Å². The molecule has 2 aliphatic carbocycles. The van der Waals surface area contributed by atoms with Crippen molar-refractivity contribution in [2.24, 2.45) is 12.2 Å². The van der Waals surface area contributed by atoms with Gasteiger partial charge in [-0.2, -0.15) is 0 Å². The average molecular weight is 445 g/mol. The Morgan fingerprint density at radius 3 is 2.45 bits per heavy atom. The van der Waals surface area contributed by atoms with Crippen LogP contribution in [0.3, 0.4) is 0 Å². The third kappa shape index (κ3) is 4.84. The van der Waals surface area contributed by atoms with Crippen molar-refractivity contribution >= 4 is 27.3 Å².